The van der Waals surface area contributed by atoms with Gasteiger partial charge in [0.05, 0.1) is 0 Å². The van der Waals surface area contributed by atoms with Crippen molar-refractivity contribution < 1.29 is 5.11 Å². The molecule has 3 aliphatic rings. The van der Waals surface area contributed by atoms with Crippen LogP contribution in [0.15, 0.2) is 0 Å². The molecule has 3 fully saturated rings. The van der Waals surface area contributed by atoms with E-state index in [1.807, 2.05) is 0 Å². The van der Waals surface area contributed by atoms with Gasteiger partial charge in [-0.05, 0) is 48.9 Å². The summed E-state index contributed by atoms with van der Waals surface area (Å²) in [6.45, 7) is 5.23. The topological polar surface area (TPSA) is 20.2 Å². The van der Waals surface area contributed by atoms with Crippen LogP contribution in [0.4, 0.5) is 0 Å². The summed E-state index contributed by atoms with van der Waals surface area (Å²) in [5.41, 5.74) is 0.631. The molecule has 0 radical (unpaired) electrons. The lowest BCUT2D eigenvalue weighted by molar-refractivity contribution is -0.0929. The van der Waals surface area contributed by atoms with E-state index in [1.54, 1.807) is 0 Å². The SMILES string of the molecule is CC1(C)C2CC(CCO)C[C@@H]1C2. The zero-order valence-corrected chi connectivity index (χ0v) is 8.21. The van der Waals surface area contributed by atoms with Crippen LogP contribution in [0, 0.1) is 23.2 Å². The van der Waals surface area contributed by atoms with Gasteiger partial charge in [-0.1, -0.05) is 13.8 Å². The molecule has 0 aromatic heterocycles. The highest BCUT2D eigenvalue weighted by atomic mass is 16.3. The summed E-state index contributed by atoms with van der Waals surface area (Å²) in [5, 5.41) is 8.85. The number of hydrogen-bond donors (Lipinski definition) is 1. The molecule has 0 amide bonds. The van der Waals surface area contributed by atoms with Crippen LogP contribution < -0.4 is 0 Å². The molecule has 0 aliphatic heterocycles. The van der Waals surface area contributed by atoms with Gasteiger partial charge >= 0.3 is 0 Å². The van der Waals surface area contributed by atoms with Crippen molar-refractivity contribution in [3.05, 3.63) is 0 Å². The van der Waals surface area contributed by atoms with Crippen LogP contribution in [0.1, 0.15) is 39.5 Å². The molecule has 2 bridgehead atoms. The van der Waals surface area contributed by atoms with Crippen molar-refractivity contribution in [3.8, 4) is 0 Å². The van der Waals surface area contributed by atoms with E-state index in [4.69, 9.17) is 5.11 Å². The molecular formula is C11H20O. The van der Waals surface area contributed by atoms with Crippen molar-refractivity contribution in [2.75, 3.05) is 6.61 Å². The van der Waals surface area contributed by atoms with Crippen LogP contribution in [-0.4, -0.2) is 11.7 Å². The summed E-state index contributed by atoms with van der Waals surface area (Å²) in [4.78, 5) is 0. The number of hydrogen-bond acceptors (Lipinski definition) is 1. The third-order valence-electron chi connectivity index (χ3n) is 4.45. The normalized spacial score (nSPS) is 43.8. The Balaban J connectivity index is 1.92. The number of aliphatic hydroxyl groups excluding tert-OH is 1. The van der Waals surface area contributed by atoms with Crippen molar-refractivity contribution in [3.63, 3.8) is 0 Å². The van der Waals surface area contributed by atoms with E-state index in [2.05, 4.69) is 13.8 Å². The first-order valence-corrected chi connectivity index (χ1v) is 5.25. The Morgan fingerprint density at radius 3 is 2.17 bits per heavy atom. The van der Waals surface area contributed by atoms with Crippen molar-refractivity contribution in [2.24, 2.45) is 23.2 Å². The Labute approximate surface area is 75.2 Å². The molecule has 1 heteroatoms. The maximum atomic E-state index is 8.85. The van der Waals surface area contributed by atoms with Gasteiger partial charge in [-0.3, -0.25) is 0 Å². The first-order chi connectivity index (χ1) is 5.64. The zero-order chi connectivity index (χ0) is 8.77. The van der Waals surface area contributed by atoms with Gasteiger partial charge in [0.1, 0.15) is 0 Å². The van der Waals surface area contributed by atoms with E-state index in [1.165, 1.54) is 19.3 Å². The molecule has 2 unspecified atom stereocenters. The smallest absolute Gasteiger partial charge is 0.0433 e. The van der Waals surface area contributed by atoms with Crippen LogP contribution in [0.2, 0.25) is 0 Å². The average molecular weight is 168 g/mol. The number of aliphatic hydroxyl groups is 1. The zero-order valence-electron chi connectivity index (χ0n) is 8.21. The summed E-state index contributed by atoms with van der Waals surface area (Å²) in [7, 11) is 0. The maximum Gasteiger partial charge on any atom is 0.0433 e. The second-order valence-electron chi connectivity index (χ2n) is 5.30. The van der Waals surface area contributed by atoms with Gasteiger partial charge in [0, 0.05) is 6.61 Å². The Hall–Kier alpha value is -0.0400. The number of rotatable bonds is 2. The van der Waals surface area contributed by atoms with Gasteiger partial charge < -0.3 is 5.11 Å². The molecule has 0 aromatic carbocycles. The fourth-order valence-corrected chi connectivity index (χ4v) is 3.24. The predicted molar refractivity (Wildman–Crippen MR) is 49.8 cm³/mol. The van der Waals surface area contributed by atoms with E-state index in [0.29, 0.717) is 12.0 Å². The second kappa shape index (κ2) is 2.73. The Kier molecular flexibility index (Phi) is 1.95. The summed E-state index contributed by atoms with van der Waals surface area (Å²) >= 11 is 0. The molecule has 3 saturated carbocycles. The minimum absolute atomic E-state index is 0.393. The lowest BCUT2D eigenvalue weighted by atomic mass is 9.46. The minimum atomic E-state index is 0.393. The standard InChI is InChI=1S/C11H20O/c1-11(2)9-5-8(3-4-12)6-10(11)7-9/h8-10,12H,3-7H2,1-2H3/t8?,9-,10?/m1/s1. The molecular weight excluding hydrogens is 148 g/mol. The summed E-state index contributed by atoms with van der Waals surface area (Å²) in [5.74, 6) is 2.77. The van der Waals surface area contributed by atoms with Gasteiger partial charge in [-0.25, -0.2) is 0 Å². The van der Waals surface area contributed by atoms with Crippen LogP contribution in [0.25, 0.3) is 0 Å². The van der Waals surface area contributed by atoms with Crippen molar-refractivity contribution >= 4 is 0 Å². The molecule has 1 nitrogen and oxygen atoms in total. The molecule has 3 rings (SSSR count). The third-order valence-corrected chi connectivity index (χ3v) is 4.45. The largest absolute Gasteiger partial charge is 0.396 e. The molecule has 0 aromatic rings. The Morgan fingerprint density at radius 2 is 1.75 bits per heavy atom. The van der Waals surface area contributed by atoms with Gasteiger partial charge in [-0.2, -0.15) is 0 Å². The predicted octanol–water partition coefficient (Wildman–Crippen LogP) is 2.44. The van der Waals surface area contributed by atoms with E-state index in [9.17, 15) is 0 Å². The minimum Gasteiger partial charge on any atom is -0.396 e. The average Bonchev–Trinajstić information content (AvgIpc) is 2.05. The molecule has 3 atom stereocenters. The molecule has 70 valence electrons. The maximum absolute atomic E-state index is 8.85. The Bertz CT molecular complexity index is 160. The molecule has 0 heterocycles. The van der Waals surface area contributed by atoms with Gasteiger partial charge in [-0.15, -0.1) is 0 Å². The van der Waals surface area contributed by atoms with Crippen molar-refractivity contribution in [1.82, 2.24) is 0 Å². The van der Waals surface area contributed by atoms with E-state index >= 15 is 0 Å². The second-order valence-corrected chi connectivity index (χ2v) is 5.30. The van der Waals surface area contributed by atoms with Crippen LogP contribution >= 0.6 is 0 Å². The molecule has 3 aliphatic carbocycles. The van der Waals surface area contributed by atoms with Crippen LogP contribution in [0.5, 0.6) is 0 Å². The number of fused-ring (bicyclic) bond motifs is 2. The van der Waals surface area contributed by atoms with Crippen molar-refractivity contribution in [2.45, 2.75) is 39.5 Å². The highest BCUT2D eigenvalue weighted by molar-refractivity contribution is 5.01. The van der Waals surface area contributed by atoms with Gasteiger partial charge in [0.25, 0.3) is 0 Å². The first-order valence-electron chi connectivity index (χ1n) is 5.25. The molecule has 1 N–H and O–H groups in total. The fraction of sp³-hybridized carbons (Fsp3) is 1.00. The third kappa shape index (κ3) is 1.10. The van der Waals surface area contributed by atoms with Crippen molar-refractivity contribution in [1.29, 1.82) is 0 Å². The van der Waals surface area contributed by atoms with Gasteiger partial charge in [0.15, 0.2) is 0 Å². The van der Waals surface area contributed by atoms with E-state index in [0.717, 1.165) is 24.2 Å². The first kappa shape index (κ1) is 8.55. The molecule has 0 spiro atoms. The summed E-state index contributed by atoms with van der Waals surface area (Å²) in [6.07, 6.45) is 5.27. The van der Waals surface area contributed by atoms with E-state index < -0.39 is 0 Å². The molecule has 0 saturated heterocycles. The van der Waals surface area contributed by atoms with E-state index in [-0.39, 0.29) is 0 Å². The summed E-state index contributed by atoms with van der Waals surface area (Å²) in [6, 6.07) is 0. The Morgan fingerprint density at radius 1 is 1.17 bits per heavy atom. The monoisotopic (exact) mass is 168 g/mol. The fourth-order valence-electron chi connectivity index (χ4n) is 3.24. The van der Waals surface area contributed by atoms with Crippen LogP contribution in [-0.2, 0) is 0 Å². The summed E-state index contributed by atoms with van der Waals surface area (Å²) < 4.78 is 0. The quantitative estimate of drug-likeness (QED) is 0.671. The van der Waals surface area contributed by atoms with Crippen LogP contribution in [0.3, 0.4) is 0 Å². The lowest BCUT2D eigenvalue weighted by Crippen LogP contribution is -2.50. The molecule has 12 heavy (non-hydrogen) atoms. The lowest BCUT2D eigenvalue weighted by Gasteiger charge is -2.59. The van der Waals surface area contributed by atoms with Gasteiger partial charge in [0.2, 0.25) is 0 Å². The highest BCUT2D eigenvalue weighted by Crippen LogP contribution is 2.60. The highest BCUT2D eigenvalue weighted by Gasteiger charge is 2.52.